The van der Waals surface area contributed by atoms with Crippen molar-refractivity contribution in [1.82, 2.24) is 44.9 Å². The lowest BCUT2D eigenvalue weighted by molar-refractivity contribution is 0.669. The highest BCUT2D eigenvalue weighted by molar-refractivity contribution is 6.17. The SMILES string of the molecule is [2H]c1c([2H])c([2H])c(-c2nc(-c3ccc(-c4cccc5ccccc45)cc3)nc(-c3cccc4oc5cc6ccccc6cc5c34)n2)c([2H])c1[2H].[2H]c1c([2H])c([2H])c(-c2nc(-c3ccc(-c4ccccc4)c4ccccc34)nc(-c3cccc4c3oc3cc5ccccc5cc34)n2)c([2H])c1[2H].[2H]c1c([2H])c([2H])c(-c2nc(-c3ccc4c(c3)oc3cc5ccccc5cc34)nc(-c3ccc(-c4ccccc4)c4ccccc34)n2)c([2H])c1[2H]. The van der Waals surface area contributed by atoms with E-state index in [0.29, 0.717) is 73.2 Å². The van der Waals surface area contributed by atoms with E-state index in [1.54, 1.807) is 0 Å². The van der Waals surface area contributed by atoms with Gasteiger partial charge in [0, 0.05) is 76.8 Å². The number of aromatic nitrogens is 9. The molecule has 0 N–H and O–H groups in total. The van der Waals surface area contributed by atoms with Gasteiger partial charge in [0.2, 0.25) is 0 Å². The minimum Gasteiger partial charge on any atom is -0.456 e. The first-order valence-corrected chi connectivity index (χ1v) is 43.9. The molecule has 6 heterocycles. The Bertz CT molecular complexity index is 10300. The zero-order valence-electron chi connectivity index (χ0n) is 86.4. The second-order valence-corrected chi connectivity index (χ2v) is 32.6. The van der Waals surface area contributed by atoms with Crippen LogP contribution in [0.4, 0.5) is 0 Å². The lowest BCUT2D eigenvalue weighted by atomic mass is 9.94. The Balaban J connectivity index is 0.000000116. The number of rotatable bonds is 12. The van der Waals surface area contributed by atoms with Gasteiger partial charge in [-0.1, -0.05) is 382 Å². The fraction of sp³-hybridized carbons (Fsp3) is 0. The molecule has 12 nitrogen and oxygen atoms in total. The number of hydrogen-bond acceptors (Lipinski definition) is 12. The first-order valence-electron chi connectivity index (χ1n) is 51.4. The van der Waals surface area contributed by atoms with E-state index in [1.165, 1.54) is 0 Å². The lowest BCUT2D eigenvalue weighted by Crippen LogP contribution is -2.01. The van der Waals surface area contributed by atoms with E-state index >= 15 is 0 Å². The van der Waals surface area contributed by atoms with Gasteiger partial charge < -0.3 is 13.3 Å². The summed E-state index contributed by atoms with van der Waals surface area (Å²) in [6.45, 7) is 0. The van der Waals surface area contributed by atoms with Gasteiger partial charge in [0.1, 0.15) is 33.5 Å². The van der Waals surface area contributed by atoms with Crippen LogP contribution in [0, 0.1) is 0 Å². The summed E-state index contributed by atoms with van der Waals surface area (Å²) in [6, 6.07) is 114. The smallest absolute Gasteiger partial charge is 0.167 e. The largest absolute Gasteiger partial charge is 0.456 e. The van der Waals surface area contributed by atoms with Crippen LogP contribution in [0.15, 0.2) is 468 Å². The Kier molecular flexibility index (Phi) is 16.0. The maximum atomic E-state index is 8.76. The number of hydrogen-bond donors (Lipinski definition) is 0. The molecule has 27 aromatic rings. The Labute approximate surface area is 795 Å². The highest BCUT2D eigenvalue weighted by Crippen LogP contribution is 2.45. The van der Waals surface area contributed by atoms with E-state index in [-0.39, 0.29) is 75.8 Å². The van der Waals surface area contributed by atoms with Crippen molar-refractivity contribution in [3.63, 3.8) is 0 Å². The summed E-state index contributed by atoms with van der Waals surface area (Å²) in [5, 5.41) is 18.0. The molecule has 0 aliphatic carbocycles. The molecular weight excluding hydrogens is 1650 g/mol. The third-order valence-corrected chi connectivity index (χ3v) is 24.6. The van der Waals surface area contributed by atoms with Crippen LogP contribution in [0.3, 0.4) is 0 Å². The number of furan rings is 3. The van der Waals surface area contributed by atoms with Gasteiger partial charge in [-0.05, 0) is 171 Å². The van der Waals surface area contributed by atoms with E-state index in [9.17, 15) is 0 Å². The van der Waals surface area contributed by atoms with Crippen molar-refractivity contribution < 1.29 is 33.8 Å². The minimum absolute atomic E-state index is 0.0182. The molecule has 12 heteroatoms. The Hall–Kier alpha value is -18.4. The van der Waals surface area contributed by atoms with Gasteiger partial charge in [-0.2, -0.15) is 0 Å². The quantitative estimate of drug-likeness (QED) is 0.114. The van der Waals surface area contributed by atoms with E-state index in [4.69, 9.17) is 78.7 Å². The third kappa shape index (κ3) is 14.7. The van der Waals surface area contributed by atoms with Crippen molar-refractivity contribution in [2.75, 3.05) is 0 Å². The Morgan fingerprint density at radius 2 is 0.467 bits per heavy atom. The minimum atomic E-state index is -0.486. The molecule has 0 saturated carbocycles. The van der Waals surface area contributed by atoms with E-state index < -0.39 is 66.5 Å². The average molecular weight is 1740 g/mol. The summed E-state index contributed by atoms with van der Waals surface area (Å²) < 4.78 is 146. The number of benzene rings is 21. The van der Waals surface area contributed by atoms with Gasteiger partial charge in [0.05, 0.1) is 26.1 Å². The maximum absolute atomic E-state index is 8.76. The molecule has 135 heavy (non-hydrogen) atoms. The first kappa shape index (κ1) is 64.4. The molecule has 0 aliphatic rings. The van der Waals surface area contributed by atoms with E-state index in [2.05, 4.69) is 103 Å². The maximum Gasteiger partial charge on any atom is 0.167 e. The number of para-hydroxylation sites is 1. The molecule has 0 saturated heterocycles. The van der Waals surface area contributed by atoms with Gasteiger partial charge >= 0.3 is 0 Å². The summed E-state index contributed by atoms with van der Waals surface area (Å²) in [4.78, 5) is 43.7. The fourth-order valence-corrected chi connectivity index (χ4v) is 18.3. The molecule has 27 rings (SSSR count). The highest BCUT2D eigenvalue weighted by Gasteiger charge is 2.25. The second-order valence-electron chi connectivity index (χ2n) is 32.6. The molecule has 0 amide bonds. The highest BCUT2D eigenvalue weighted by atomic mass is 16.3. The topological polar surface area (TPSA) is 155 Å². The van der Waals surface area contributed by atoms with Crippen molar-refractivity contribution in [3.05, 3.63) is 455 Å². The zero-order valence-corrected chi connectivity index (χ0v) is 71.4. The van der Waals surface area contributed by atoms with Crippen LogP contribution < -0.4 is 0 Å². The summed E-state index contributed by atoms with van der Waals surface area (Å²) in [6.07, 6.45) is 0. The first-order chi connectivity index (χ1) is 73.1. The number of fused-ring (bicyclic) bond motifs is 15. The molecule has 0 bridgehead atoms. The van der Waals surface area contributed by atoms with Gasteiger partial charge in [-0.25, -0.2) is 44.9 Å². The van der Waals surface area contributed by atoms with Gasteiger partial charge in [-0.3, -0.25) is 0 Å². The molecule has 0 atom stereocenters. The average Bonchev–Trinajstić information content (AvgIpc) is 1.47. The van der Waals surface area contributed by atoms with Crippen LogP contribution in [-0.2, 0) is 0 Å². The van der Waals surface area contributed by atoms with Gasteiger partial charge in [-0.15, -0.1) is 0 Å². The van der Waals surface area contributed by atoms with E-state index in [1.807, 2.05) is 261 Å². The van der Waals surface area contributed by atoms with Crippen LogP contribution in [0.2, 0.25) is 0 Å². The van der Waals surface area contributed by atoms with E-state index in [0.717, 1.165) is 141 Å². The number of nitrogens with zero attached hydrogens (tertiary/aromatic N) is 9. The molecule has 630 valence electrons. The molecule has 0 unspecified atom stereocenters. The van der Waals surface area contributed by atoms with Gasteiger partial charge in [0.15, 0.2) is 52.4 Å². The van der Waals surface area contributed by atoms with Crippen LogP contribution in [-0.4, -0.2) is 44.9 Å². The van der Waals surface area contributed by atoms with Crippen molar-refractivity contribution in [3.8, 4) is 136 Å². The Morgan fingerprint density at radius 3 is 0.993 bits per heavy atom. The normalized spacial score (nSPS) is 13.1. The standard InChI is InChI=1S/3C41H25N3O/c1-3-12-26(13-4-1)30-22-23-34(32-19-10-9-18-31(30)32)40-42-39(27-14-5-2-6-15-27)43-41(44-40)35-21-11-20-33-36-24-28-16-7-8-17-29(28)25-37(36)45-38(33)35;1-3-11-26(12-4-1)31-21-22-35(33-18-10-9-17-32(31)33)41-43-39(27-13-5-2-6-14-27)42-40(44-41)30-19-20-34-36-23-28-15-7-8-16-29(28)24-38(36)45-37(34)25-30;1-2-11-28(12-3-1)39-42-40(29-22-20-27(21-23-29)33-17-8-15-26-10-6-7-16-32(26)33)44-41(43-39)34-18-9-19-36-38(34)35-24-30-13-4-5-14-31(30)25-37(35)45-36/h3*1-25H/i2D,5D,6D,14D,15D;2D,5D,6D,13D,14D;1D,2D,3D,11D,12D. The molecule has 0 radical (unpaired) electrons. The molecular formula is C123H75N9O3. The van der Waals surface area contributed by atoms with Crippen LogP contribution in [0.25, 0.3) is 266 Å². The van der Waals surface area contributed by atoms with Crippen LogP contribution in [0.5, 0.6) is 0 Å². The van der Waals surface area contributed by atoms with Crippen molar-refractivity contribution in [2.45, 2.75) is 0 Å². The third-order valence-electron chi connectivity index (χ3n) is 24.6. The molecule has 0 aliphatic heterocycles. The van der Waals surface area contributed by atoms with Gasteiger partial charge in [0.25, 0.3) is 0 Å². The molecule has 0 fully saturated rings. The van der Waals surface area contributed by atoms with Crippen LogP contribution in [0.1, 0.15) is 20.6 Å². The predicted molar refractivity (Wildman–Crippen MR) is 552 cm³/mol. The monoisotopic (exact) mass is 1740 g/mol. The summed E-state index contributed by atoms with van der Waals surface area (Å²) in [5.41, 5.74) is 14.1. The second kappa shape index (κ2) is 33.6. The molecule has 21 aromatic carbocycles. The lowest BCUT2D eigenvalue weighted by Gasteiger charge is -2.13. The van der Waals surface area contributed by atoms with Crippen molar-refractivity contribution in [1.29, 1.82) is 0 Å². The Morgan fingerprint density at radius 1 is 0.156 bits per heavy atom. The molecule has 6 aromatic heterocycles. The van der Waals surface area contributed by atoms with Crippen LogP contribution >= 0.6 is 0 Å². The summed E-state index contributed by atoms with van der Waals surface area (Å²) in [5.74, 6) is 1.66. The zero-order chi connectivity index (χ0) is 102. The van der Waals surface area contributed by atoms with Crippen molar-refractivity contribution >= 4 is 130 Å². The van der Waals surface area contributed by atoms with Crippen molar-refractivity contribution in [2.24, 2.45) is 0 Å². The summed E-state index contributed by atoms with van der Waals surface area (Å²) in [7, 11) is 0. The fourth-order valence-electron chi connectivity index (χ4n) is 18.3. The molecule has 0 spiro atoms. The summed E-state index contributed by atoms with van der Waals surface area (Å²) >= 11 is 0. The predicted octanol–water partition coefficient (Wildman–Crippen LogP) is 32.2.